The smallest absolute Gasteiger partial charge is 0.0208 e. The summed E-state index contributed by atoms with van der Waals surface area (Å²) in [4.78, 5) is 0. The van der Waals surface area contributed by atoms with Crippen molar-refractivity contribution < 1.29 is 0 Å². The Labute approximate surface area is 122 Å². The van der Waals surface area contributed by atoms with Crippen molar-refractivity contribution in [1.29, 1.82) is 0 Å². The van der Waals surface area contributed by atoms with E-state index in [1.165, 1.54) is 36.8 Å². The van der Waals surface area contributed by atoms with Crippen molar-refractivity contribution in [3.63, 3.8) is 0 Å². The van der Waals surface area contributed by atoms with Crippen molar-refractivity contribution >= 4 is 0 Å². The van der Waals surface area contributed by atoms with Crippen molar-refractivity contribution in [2.45, 2.75) is 44.9 Å². The van der Waals surface area contributed by atoms with Gasteiger partial charge < -0.3 is 0 Å². The first kappa shape index (κ1) is 13.4. The van der Waals surface area contributed by atoms with Crippen molar-refractivity contribution in [1.82, 2.24) is 0 Å². The summed E-state index contributed by atoms with van der Waals surface area (Å²) in [6.07, 6.45) is 5.17. The van der Waals surface area contributed by atoms with Gasteiger partial charge in [0, 0.05) is 5.41 Å². The third-order valence-corrected chi connectivity index (χ3v) is 4.89. The minimum Gasteiger partial charge on any atom is -0.0622 e. The molecule has 0 N–H and O–H groups in total. The Morgan fingerprint density at radius 1 is 0.700 bits per heavy atom. The summed E-state index contributed by atoms with van der Waals surface area (Å²) in [5.41, 5.74) is 3.59. The van der Waals surface area contributed by atoms with Crippen LogP contribution in [0.5, 0.6) is 0 Å². The first-order valence-corrected chi connectivity index (χ1v) is 7.74. The molecule has 0 unspecified atom stereocenters. The average molecular weight is 264 g/mol. The van der Waals surface area contributed by atoms with Crippen LogP contribution in [0, 0.1) is 5.41 Å². The molecule has 1 aliphatic carbocycles. The van der Waals surface area contributed by atoms with Gasteiger partial charge in [0.2, 0.25) is 0 Å². The lowest BCUT2D eigenvalue weighted by atomic mass is 9.58. The van der Waals surface area contributed by atoms with Gasteiger partial charge in [0.25, 0.3) is 0 Å². The third-order valence-electron chi connectivity index (χ3n) is 4.89. The van der Waals surface area contributed by atoms with Gasteiger partial charge in [-0.15, -0.1) is 0 Å². The average Bonchev–Trinajstić information content (AvgIpc) is 2.48. The second-order valence-corrected chi connectivity index (χ2v) is 7.01. The molecule has 0 bridgehead atoms. The number of rotatable bonds is 2. The van der Waals surface area contributed by atoms with Crippen LogP contribution in [-0.2, 0) is 5.41 Å². The molecule has 0 aliphatic heterocycles. The first-order chi connectivity index (χ1) is 9.62. The maximum atomic E-state index is 2.42. The molecule has 0 spiro atoms. The van der Waals surface area contributed by atoms with Crippen molar-refractivity contribution in [2.24, 2.45) is 5.41 Å². The lowest BCUT2D eigenvalue weighted by molar-refractivity contribution is 0.173. The minimum atomic E-state index is 0.199. The molecule has 0 heterocycles. The van der Waals surface area contributed by atoms with Gasteiger partial charge in [-0.25, -0.2) is 0 Å². The maximum Gasteiger partial charge on any atom is 0.0208 e. The molecule has 20 heavy (non-hydrogen) atoms. The molecule has 3 rings (SSSR count). The second kappa shape index (κ2) is 5.09. The van der Waals surface area contributed by atoms with Gasteiger partial charge in [0.1, 0.15) is 0 Å². The largest absolute Gasteiger partial charge is 0.0622 e. The van der Waals surface area contributed by atoms with Crippen LogP contribution in [-0.4, -0.2) is 0 Å². The standard InChI is InChI=1S/C20H24/c1-19(2)14-9-15-20(16-19,17-10-5-3-6-11-17)18-12-7-4-8-13-18/h3-8,10-13H,9,14-16H2,1-2H3. The van der Waals surface area contributed by atoms with E-state index in [2.05, 4.69) is 74.5 Å². The molecule has 1 fully saturated rings. The van der Waals surface area contributed by atoms with E-state index in [1.54, 1.807) is 0 Å². The predicted molar refractivity (Wildman–Crippen MR) is 85.9 cm³/mol. The van der Waals surface area contributed by atoms with E-state index in [0.29, 0.717) is 5.41 Å². The van der Waals surface area contributed by atoms with E-state index in [1.807, 2.05) is 0 Å². The van der Waals surface area contributed by atoms with Gasteiger partial charge in [0.15, 0.2) is 0 Å². The number of hydrogen-bond donors (Lipinski definition) is 0. The van der Waals surface area contributed by atoms with Crippen LogP contribution in [0.3, 0.4) is 0 Å². The topological polar surface area (TPSA) is 0 Å². The van der Waals surface area contributed by atoms with Gasteiger partial charge >= 0.3 is 0 Å². The highest BCUT2D eigenvalue weighted by molar-refractivity contribution is 5.40. The fourth-order valence-corrected chi connectivity index (χ4v) is 4.04. The molecule has 2 aromatic carbocycles. The highest BCUT2D eigenvalue weighted by atomic mass is 14.5. The Kier molecular flexibility index (Phi) is 3.41. The van der Waals surface area contributed by atoms with Gasteiger partial charge in [-0.3, -0.25) is 0 Å². The van der Waals surface area contributed by atoms with Gasteiger partial charge in [-0.1, -0.05) is 80.9 Å². The van der Waals surface area contributed by atoms with Gasteiger partial charge in [-0.05, 0) is 35.8 Å². The number of benzene rings is 2. The van der Waals surface area contributed by atoms with Gasteiger partial charge in [-0.2, -0.15) is 0 Å². The van der Waals surface area contributed by atoms with Crippen LogP contribution in [0.2, 0.25) is 0 Å². The van der Waals surface area contributed by atoms with E-state index in [0.717, 1.165) is 0 Å². The van der Waals surface area contributed by atoms with E-state index < -0.39 is 0 Å². The Morgan fingerprint density at radius 3 is 1.65 bits per heavy atom. The van der Waals surface area contributed by atoms with E-state index >= 15 is 0 Å². The Balaban J connectivity index is 2.13. The molecule has 0 radical (unpaired) electrons. The minimum absolute atomic E-state index is 0.199. The van der Waals surface area contributed by atoms with Gasteiger partial charge in [0.05, 0.1) is 0 Å². The summed E-state index contributed by atoms with van der Waals surface area (Å²) in [6, 6.07) is 22.2. The van der Waals surface area contributed by atoms with Crippen LogP contribution in [0.25, 0.3) is 0 Å². The Bertz CT molecular complexity index is 512. The summed E-state index contributed by atoms with van der Waals surface area (Å²) in [5, 5.41) is 0. The van der Waals surface area contributed by atoms with E-state index in [4.69, 9.17) is 0 Å². The van der Waals surface area contributed by atoms with Crippen LogP contribution in [0.4, 0.5) is 0 Å². The lowest BCUT2D eigenvalue weighted by Crippen LogP contribution is -2.37. The highest BCUT2D eigenvalue weighted by Crippen LogP contribution is 2.51. The normalized spacial score (nSPS) is 20.5. The molecule has 0 aromatic heterocycles. The summed E-state index contributed by atoms with van der Waals surface area (Å²) >= 11 is 0. The molecule has 0 nitrogen and oxygen atoms in total. The van der Waals surface area contributed by atoms with Crippen LogP contribution >= 0.6 is 0 Å². The molecule has 104 valence electrons. The molecule has 0 atom stereocenters. The molecule has 0 heteroatoms. The zero-order valence-electron chi connectivity index (χ0n) is 12.6. The molecular formula is C20H24. The Hall–Kier alpha value is -1.56. The third kappa shape index (κ3) is 2.40. The molecule has 2 aromatic rings. The molecule has 1 saturated carbocycles. The van der Waals surface area contributed by atoms with E-state index in [9.17, 15) is 0 Å². The predicted octanol–water partition coefficient (Wildman–Crippen LogP) is 5.57. The number of hydrogen-bond acceptors (Lipinski definition) is 0. The Morgan fingerprint density at radius 2 is 1.20 bits per heavy atom. The van der Waals surface area contributed by atoms with Crippen molar-refractivity contribution in [3.05, 3.63) is 71.8 Å². The van der Waals surface area contributed by atoms with Crippen LogP contribution < -0.4 is 0 Å². The molecule has 0 amide bonds. The maximum absolute atomic E-state index is 2.42. The van der Waals surface area contributed by atoms with Crippen molar-refractivity contribution in [2.75, 3.05) is 0 Å². The van der Waals surface area contributed by atoms with Crippen LogP contribution in [0.15, 0.2) is 60.7 Å². The fourth-order valence-electron chi connectivity index (χ4n) is 4.04. The molecular weight excluding hydrogens is 240 g/mol. The first-order valence-electron chi connectivity index (χ1n) is 7.74. The zero-order valence-corrected chi connectivity index (χ0v) is 12.6. The SMILES string of the molecule is CC1(C)CCCC(c2ccccc2)(c2ccccc2)C1. The summed E-state index contributed by atoms with van der Waals surface area (Å²) in [7, 11) is 0. The second-order valence-electron chi connectivity index (χ2n) is 7.01. The fraction of sp³-hybridized carbons (Fsp3) is 0.400. The summed E-state index contributed by atoms with van der Waals surface area (Å²) in [6.45, 7) is 4.85. The highest BCUT2D eigenvalue weighted by Gasteiger charge is 2.42. The van der Waals surface area contributed by atoms with Crippen molar-refractivity contribution in [3.8, 4) is 0 Å². The van der Waals surface area contributed by atoms with E-state index in [-0.39, 0.29) is 5.41 Å². The lowest BCUT2D eigenvalue weighted by Gasteiger charge is -2.46. The summed E-state index contributed by atoms with van der Waals surface area (Å²) in [5.74, 6) is 0. The monoisotopic (exact) mass is 264 g/mol. The van der Waals surface area contributed by atoms with Crippen LogP contribution in [0.1, 0.15) is 50.7 Å². The quantitative estimate of drug-likeness (QED) is 0.665. The molecule has 0 saturated heterocycles. The molecule has 1 aliphatic rings. The summed E-state index contributed by atoms with van der Waals surface area (Å²) < 4.78 is 0. The zero-order chi connectivity index (χ0) is 14.1.